The molecule has 4 aromatic carbocycles. The summed E-state index contributed by atoms with van der Waals surface area (Å²) in [5, 5.41) is 8.76. The summed E-state index contributed by atoms with van der Waals surface area (Å²) < 4.78 is 2.45. The zero-order valence-corrected chi connectivity index (χ0v) is 16.8. The van der Waals surface area contributed by atoms with Crippen LogP contribution in [0.2, 0.25) is 0 Å². The summed E-state index contributed by atoms with van der Waals surface area (Å²) in [5.74, 6) is 0. The van der Waals surface area contributed by atoms with Crippen molar-refractivity contribution in [3.8, 4) is 0 Å². The standard InChI is InChI=1S/C27H19N3/c1-29(2)19-8-10-23-21(15-19)20-9-7-16-11-12-28-26-22-13-17-5-3-4-6-18(17)14-24(22)30(23)27(20)25(16)26/h3-15H,1-2H3. The molecule has 0 amide bonds. The minimum absolute atomic E-state index is 1.09. The monoisotopic (exact) mass is 385 g/mol. The number of hydrogen-bond acceptors (Lipinski definition) is 2. The molecule has 0 aliphatic rings. The lowest BCUT2D eigenvalue weighted by atomic mass is 10.0. The van der Waals surface area contributed by atoms with Crippen molar-refractivity contribution in [3.05, 3.63) is 79.0 Å². The zero-order valence-electron chi connectivity index (χ0n) is 16.8. The molecule has 3 heterocycles. The number of hydrogen-bond donors (Lipinski definition) is 0. The summed E-state index contributed by atoms with van der Waals surface area (Å²) >= 11 is 0. The van der Waals surface area contributed by atoms with E-state index < -0.39 is 0 Å². The molecule has 30 heavy (non-hydrogen) atoms. The van der Waals surface area contributed by atoms with Crippen LogP contribution in [-0.2, 0) is 0 Å². The molecule has 0 atom stereocenters. The van der Waals surface area contributed by atoms with Crippen molar-refractivity contribution in [2.75, 3.05) is 19.0 Å². The van der Waals surface area contributed by atoms with E-state index in [1.54, 1.807) is 0 Å². The van der Waals surface area contributed by atoms with Gasteiger partial charge >= 0.3 is 0 Å². The lowest BCUT2D eigenvalue weighted by molar-refractivity contribution is 1.13. The van der Waals surface area contributed by atoms with Gasteiger partial charge in [0.15, 0.2) is 0 Å². The molecule has 7 rings (SSSR count). The molecule has 7 aromatic rings. The van der Waals surface area contributed by atoms with Gasteiger partial charge in [-0.05, 0) is 52.6 Å². The quantitative estimate of drug-likeness (QED) is 0.234. The summed E-state index contributed by atoms with van der Waals surface area (Å²) in [4.78, 5) is 7.03. The second-order valence-electron chi connectivity index (χ2n) is 8.37. The Morgan fingerprint density at radius 1 is 0.700 bits per heavy atom. The Bertz CT molecular complexity index is 1770. The molecule has 0 aliphatic carbocycles. The molecule has 0 N–H and O–H groups in total. The average Bonchev–Trinajstić information content (AvgIpc) is 3.12. The fourth-order valence-corrected chi connectivity index (χ4v) is 5.09. The van der Waals surface area contributed by atoms with Crippen LogP contribution < -0.4 is 4.90 Å². The van der Waals surface area contributed by atoms with E-state index in [1.807, 2.05) is 6.20 Å². The van der Waals surface area contributed by atoms with Gasteiger partial charge in [0.1, 0.15) is 0 Å². The lowest BCUT2D eigenvalue weighted by Crippen LogP contribution is -2.07. The van der Waals surface area contributed by atoms with Crippen molar-refractivity contribution in [3.63, 3.8) is 0 Å². The fraction of sp³-hybridized carbons (Fsp3) is 0.0741. The van der Waals surface area contributed by atoms with E-state index in [9.17, 15) is 0 Å². The molecule has 0 saturated heterocycles. The highest BCUT2D eigenvalue weighted by Gasteiger charge is 2.19. The van der Waals surface area contributed by atoms with Crippen LogP contribution in [0.3, 0.4) is 0 Å². The van der Waals surface area contributed by atoms with Gasteiger partial charge in [0.25, 0.3) is 0 Å². The van der Waals surface area contributed by atoms with Crippen LogP contribution in [0.4, 0.5) is 5.69 Å². The lowest BCUT2D eigenvalue weighted by Gasteiger charge is -2.13. The van der Waals surface area contributed by atoms with Crippen molar-refractivity contribution >= 4 is 65.5 Å². The molecule has 0 unspecified atom stereocenters. The molecule has 142 valence electrons. The third kappa shape index (κ3) is 1.87. The molecular weight excluding hydrogens is 366 g/mol. The minimum Gasteiger partial charge on any atom is -0.378 e. The van der Waals surface area contributed by atoms with Crippen LogP contribution in [-0.4, -0.2) is 23.5 Å². The maximum atomic E-state index is 4.86. The number of aromatic nitrogens is 2. The molecule has 3 heteroatoms. The van der Waals surface area contributed by atoms with Crippen LogP contribution >= 0.6 is 0 Å². The van der Waals surface area contributed by atoms with Crippen molar-refractivity contribution in [2.45, 2.75) is 0 Å². The number of nitrogens with zero attached hydrogens (tertiary/aromatic N) is 3. The van der Waals surface area contributed by atoms with E-state index in [0.29, 0.717) is 0 Å². The van der Waals surface area contributed by atoms with Gasteiger partial charge in [-0.25, -0.2) is 0 Å². The number of fused-ring (bicyclic) bond motifs is 7. The molecule has 3 nitrogen and oxygen atoms in total. The van der Waals surface area contributed by atoms with E-state index in [1.165, 1.54) is 59.9 Å². The van der Waals surface area contributed by atoms with Gasteiger partial charge < -0.3 is 9.30 Å². The average molecular weight is 385 g/mol. The molecule has 0 bridgehead atoms. The van der Waals surface area contributed by atoms with Crippen LogP contribution in [0.15, 0.2) is 79.0 Å². The van der Waals surface area contributed by atoms with E-state index in [-0.39, 0.29) is 0 Å². The first-order valence-corrected chi connectivity index (χ1v) is 10.3. The van der Waals surface area contributed by atoms with Gasteiger partial charge in [-0.2, -0.15) is 0 Å². The Morgan fingerprint density at radius 2 is 1.53 bits per heavy atom. The summed E-state index contributed by atoms with van der Waals surface area (Å²) in [6.45, 7) is 0. The zero-order chi connectivity index (χ0) is 20.0. The first-order valence-electron chi connectivity index (χ1n) is 10.3. The molecule has 0 spiro atoms. The molecule has 0 aliphatic heterocycles. The highest BCUT2D eigenvalue weighted by molar-refractivity contribution is 6.28. The number of rotatable bonds is 1. The van der Waals surface area contributed by atoms with E-state index in [0.717, 1.165) is 5.52 Å². The second kappa shape index (κ2) is 5.39. The summed E-state index contributed by atoms with van der Waals surface area (Å²) in [5.41, 5.74) is 6.02. The first kappa shape index (κ1) is 16.0. The maximum absolute atomic E-state index is 4.86. The Balaban J connectivity index is 1.86. The number of benzene rings is 4. The van der Waals surface area contributed by atoms with Crippen LogP contribution in [0.25, 0.3) is 59.8 Å². The summed E-state index contributed by atoms with van der Waals surface area (Å²) in [6.07, 6.45) is 1.94. The molecule has 0 fully saturated rings. The van der Waals surface area contributed by atoms with Gasteiger partial charge in [0.05, 0.1) is 22.1 Å². The molecule has 3 aromatic heterocycles. The van der Waals surface area contributed by atoms with Crippen molar-refractivity contribution in [1.82, 2.24) is 9.38 Å². The van der Waals surface area contributed by atoms with Crippen LogP contribution in [0.5, 0.6) is 0 Å². The van der Waals surface area contributed by atoms with Gasteiger partial charge in [0, 0.05) is 47.5 Å². The third-order valence-corrected chi connectivity index (χ3v) is 6.52. The van der Waals surface area contributed by atoms with E-state index in [4.69, 9.17) is 4.98 Å². The highest BCUT2D eigenvalue weighted by atomic mass is 15.1. The van der Waals surface area contributed by atoms with Gasteiger partial charge in [-0.1, -0.05) is 36.4 Å². The highest BCUT2D eigenvalue weighted by Crippen LogP contribution is 2.41. The normalized spacial score (nSPS) is 12.3. The molecule has 0 radical (unpaired) electrons. The smallest absolute Gasteiger partial charge is 0.0822 e. The third-order valence-electron chi connectivity index (χ3n) is 6.52. The molecular formula is C27H19N3. The summed E-state index contributed by atoms with van der Waals surface area (Å²) in [7, 11) is 4.19. The fourth-order valence-electron chi connectivity index (χ4n) is 5.09. The van der Waals surface area contributed by atoms with Crippen LogP contribution in [0.1, 0.15) is 0 Å². The second-order valence-corrected chi connectivity index (χ2v) is 8.37. The van der Waals surface area contributed by atoms with Crippen molar-refractivity contribution in [2.24, 2.45) is 0 Å². The Hall–Kier alpha value is -3.85. The Kier molecular flexibility index (Phi) is 2.88. The largest absolute Gasteiger partial charge is 0.378 e. The number of pyridine rings is 2. The molecule has 0 saturated carbocycles. The maximum Gasteiger partial charge on any atom is 0.0822 e. The Morgan fingerprint density at radius 3 is 2.37 bits per heavy atom. The SMILES string of the molecule is CN(C)c1ccc2c(c1)c1ccc3ccnc4c5cc6ccccc6cc5n2c1c34. The van der Waals surface area contributed by atoms with Crippen molar-refractivity contribution in [1.29, 1.82) is 0 Å². The van der Waals surface area contributed by atoms with Crippen LogP contribution in [0, 0.1) is 0 Å². The minimum atomic E-state index is 1.09. The van der Waals surface area contributed by atoms with E-state index >= 15 is 0 Å². The van der Waals surface area contributed by atoms with Gasteiger partial charge in [-0.15, -0.1) is 0 Å². The predicted molar refractivity (Wildman–Crippen MR) is 128 cm³/mol. The Labute approximate surface area is 173 Å². The number of anilines is 1. The predicted octanol–water partition coefficient (Wildman–Crippen LogP) is 6.60. The van der Waals surface area contributed by atoms with Gasteiger partial charge in [-0.3, -0.25) is 4.98 Å². The van der Waals surface area contributed by atoms with Gasteiger partial charge in [0.2, 0.25) is 0 Å². The topological polar surface area (TPSA) is 20.5 Å². The first-order chi connectivity index (χ1) is 14.7. The van der Waals surface area contributed by atoms with Crippen molar-refractivity contribution < 1.29 is 0 Å². The summed E-state index contributed by atoms with van der Waals surface area (Å²) in [6, 6.07) is 26.6. The van der Waals surface area contributed by atoms with E-state index in [2.05, 4.69) is 96.2 Å².